The molecule has 2 amide bonds. The molecule has 0 spiro atoms. The van der Waals surface area contributed by atoms with Crippen LogP contribution in [0.4, 0.5) is 10.5 Å². The second-order valence-corrected chi connectivity index (χ2v) is 5.85. The van der Waals surface area contributed by atoms with Gasteiger partial charge in [-0.3, -0.25) is 4.57 Å². The van der Waals surface area contributed by atoms with Gasteiger partial charge >= 0.3 is 11.7 Å². The molecule has 0 unspecified atom stereocenters. The van der Waals surface area contributed by atoms with E-state index in [0.29, 0.717) is 31.1 Å². The number of benzene rings is 1. The number of morpholine rings is 1. The van der Waals surface area contributed by atoms with E-state index in [9.17, 15) is 9.59 Å². The molecule has 0 saturated carbocycles. The first kappa shape index (κ1) is 16.3. The lowest BCUT2D eigenvalue weighted by Gasteiger charge is -2.35. The molecule has 2 N–H and O–H groups in total. The molecule has 7 nitrogen and oxygen atoms in total. The quantitative estimate of drug-likeness (QED) is 0.905. The molecule has 1 aromatic heterocycles. The normalized spacial score (nSPS) is 17.8. The third-order valence-corrected chi connectivity index (χ3v) is 4.31. The number of rotatable bonds is 3. The number of urea groups is 1. The summed E-state index contributed by atoms with van der Waals surface area (Å²) in [5.74, 6) is 0. The van der Waals surface area contributed by atoms with Crippen molar-refractivity contribution in [2.45, 2.75) is 26.3 Å². The minimum atomic E-state index is -0.230. The van der Waals surface area contributed by atoms with Crippen molar-refractivity contribution in [3.63, 3.8) is 0 Å². The molecule has 1 fully saturated rings. The Morgan fingerprint density at radius 2 is 2.21 bits per heavy atom. The first-order valence-electron chi connectivity index (χ1n) is 8.13. The summed E-state index contributed by atoms with van der Waals surface area (Å²) in [6.07, 6.45) is 2.49. The number of carbonyl (C=O) groups is 1. The molecule has 128 valence electrons. The van der Waals surface area contributed by atoms with Gasteiger partial charge in [0.05, 0.1) is 30.6 Å². The molecule has 1 atom stereocenters. The minimum Gasteiger partial charge on any atom is -0.377 e. The fraction of sp³-hybridized carbons (Fsp3) is 0.412. The van der Waals surface area contributed by atoms with E-state index >= 15 is 0 Å². The Balaban J connectivity index is 1.88. The van der Waals surface area contributed by atoms with Crippen LogP contribution in [0, 0.1) is 6.92 Å². The number of hydrogen-bond acceptors (Lipinski definition) is 3. The topological polar surface area (TPSA) is 79.4 Å². The van der Waals surface area contributed by atoms with Gasteiger partial charge in [0, 0.05) is 18.4 Å². The van der Waals surface area contributed by atoms with Gasteiger partial charge in [0.25, 0.3) is 0 Å². The van der Waals surface area contributed by atoms with Crippen molar-refractivity contribution in [2.24, 2.45) is 0 Å². The summed E-state index contributed by atoms with van der Waals surface area (Å²) < 4.78 is 6.99. The van der Waals surface area contributed by atoms with Gasteiger partial charge in [0.2, 0.25) is 0 Å². The van der Waals surface area contributed by atoms with Crippen LogP contribution in [0.15, 0.2) is 35.3 Å². The Morgan fingerprint density at radius 1 is 1.42 bits per heavy atom. The number of imidazole rings is 1. The Bertz CT molecular complexity index is 780. The second-order valence-electron chi connectivity index (χ2n) is 5.85. The average Bonchev–Trinajstić information content (AvgIpc) is 2.94. The summed E-state index contributed by atoms with van der Waals surface area (Å²) in [7, 11) is 0. The number of aromatic nitrogens is 2. The first-order chi connectivity index (χ1) is 11.6. The number of aromatic amines is 1. The van der Waals surface area contributed by atoms with Crippen molar-refractivity contribution in [1.29, 1.82) is 0 Å². The Hall–Kier alpha value is -2.54. The van der Waals surface area contributed by atoms with E-state index in [1.54, 1.807) is 21.7 Å². The lowest BCUT2D eigenvalue weighted by Crippen LogP contribution is -2.50. The van der Waals surface area contributed by atoms with Crippen molar-refractivity contribution < 1.29 is 9.53 Å². The van der Waals surface area contributed by atoms with Crippen LogP contribution in [0.5, 0.6) is 0 Å². The number of ether oxygens (including phenoxy) is 1. The van der Waals surface area contributed by atoms with Crippen LogP contribution in [0.1, 0.15) is 19.0 Å². The van der Waals surface area contributed by atoms with Gasteiger partial charge in [-0.1, -0.05) is 19.1 Å². The molecule has 1 aliphatic heterocycles. The van der Waals surface area contributed by atoms with Crippen LogP contribution in [0.3, 0.4) is 0 Å². The molecule has 2 aromatic rings. The molecule has 2 heterocycles. The molecular formula is C17H22N4O3. The highest BCUT2D eigenvalue weighted by Gasteiger charge is 2.26. The van der Waals surface area contributed by atoms with Gasteiger partial charge in [0.15, 0.2) is 0 Å². The van der Waals surface area contributed by atoms with E-state index in [1.807, 2.05) is 32.0 Å². The third-order valence-electron chi connectivity index (χ3n) is 4.31. The Labute approximate surface area is 140 Å². The maximum atomic E-state index is 12.7. The molecule has 0 radical (unpaired) electrons. The second kappa shape index (κ2) is 6.92. The highest BCUT2D eigenvalue weighted by Crippen LogP contribution is 2.21. The van der Waals surface area contributed by atoms with Crippen molar-refractivity contribution in [1.82, 2.24) is 14.5 Å². The van der Waals surface area contributed by atoms with E-state index in [0.717, 1.165) is 12.1 Å². The van der Waals surface area contributed by atoms with Crippen LogP contribution in [0.25, 0.3) is 5.69 Å². The summed E-state index contributed by atoms with van der Waals surface area (Å²) in [4.78, 5) is 29.2. The summed E-state index contributed by atoms with van der Waals surface area (Å²) in [6.45, 7) is 5.54. The van der Waals surface area contributed by atoms with Crippen molar-refractivity contribution >= 4 is 11.7 Å². The summed E-state index contributed by atoms with van der Waals surface area (Å²) in [5.41, 5.74) is 1.80. The maximum absolute atomic E-state index is 12.7. The lowest BCUT2D eigenvalue weighted by molar-refractivity contribution is 0.0144. The lowest BCUT2D eigenvalue weighted by atomic mass is 10.2. The van der Waals surface area contributed by atoms with Crippen LogP contribution in [0.2, 0.25) is 0 Å². The summed E-state index contributed by atoms with van der Waals surface area (Å²) >= 11 is 0. The molecular weight excluding hydrogens is 308 g/mol. The van der Waals surface area contributed by atoms with E-state index < -0.39 is 0 Å². The molecule has 0 aliphatic carbocycles. The fourth-order valence-electron chi connectivity index (χ4n) is 2.98. The number of nitrogens with one attached hydrogen (secondary N) is 2. The number of H-pyrrole nitrogens is 1. The number of carbonyl (C=O) groups excluding carboxylic acids is 1. The number of nitrogens with zero attached hydrogens (tertiary/aromatic N) is 2. The predicted octanol–water partition coefficient (Wildman–Crippen LogP) is 2.12. The number of anilines is 1. The smallest absolute Gasteiger partial charge is 0.330 e. The van der Waals surface area contributed by atoms with E-state index in [2.05, 4.69) is 10.3 Å². The van der Waals surface area contributed by atoms with Crippen molar-refractivity contribution in [3.05, 3.63) is 46.6 Å². The summed E-state index contributed by atoms with van der Waals surface area (Å²) in [6, 6.07) is 7.19. The van der Waals surface area contributed by atoms with Gasteiger partial charge < -0.3 is 19.9 Å². The number of hydrogen-bond donors (Lipinski definition) is 2. The van der Waals surface area contributed by atoms with Crippen LogP contribution < -0.4 is 11.0 Å². The Morgan fingerprint density at radius 3 is 2.92 bits per heavy atom. The third kappa shape index (κ3) is 3.07. The van der Waals surface area contributed by atoms with E-state index in [-0.39, 0.29) is 17.8 Å². The minimum absolute atomic E-state index is 0.0719. The van der Waals surface area contributed by atoms with Gasteiger partial charge in [0.1, 0.15) is 0 Å². The van der Waals surface area contributed by atoms with E-state index in [1.165, 1.54) is 0 Å². The van der Waals surface area contributed by atoms with Gasteiger partial charge in [-0.25, -0.2) is 9.59 Å². The van der Waals surface area contributed by atoms with Crippen LogP contribution in [-0.2, 0) is 4.74 Å². The maximum Gasteiger partial charge on any atom is 0.330 e. The molecule has 1 aliphatic rings. The zero-order valence-corrected chi connectivity index (χ0v) is 13.9. The molecule has 1 saturated heterocycles. The van der Waals surface area contributed by atoms with Crippen LogP contribution >= 0.6 is 0 Å². The highest BCUT2D eigenvalue weighted by atomic mass is 16.5. The van der Waals surface area contributed by atoms with E-state index in [4.69, 9.17) is 4.74 Å². The highest BCUT2D eigenvalue weighted by molar-refractivity contribution is 5.91. The van der Waals surface area contributed by atoms with Crippen molar-refractivity contribution in [2.75, 3.05) is 25.1 Å². The number of aryl methyl sites for hydroxylation is 1. The summed E-state index contributed by atoms with van der Waals surface area (Å²) in [5, 5.41) is 2.95. The zero-order chi connectivity index (χ0) is 17.1. The van der Waals surface area contributed by atoms with Crippen molar-refractivity contribution in [3.8, 4) is 5.69 Å². The average molecular weight is 330 g/mol. The zero-order valence-electron chi connectivity index (χ0n) is 13.9. The van der Waals surface area contributed by atoms with Crippen LogP contribution in [-0.4, -0.2) is 46.3 Å². The SMILES string of the molecule is CC[C@H]1COCCN1C(=O)Nc1ccccc1-n1c(C)c[nH]c1=O. The number of para-hydroxylation sites is 2. The fourth-order valence-corrected chi connectivity index (χ4v) is 2.98. The molecule has 24 heavy (non-hydrogen) atoms. The predicted molar refractivity (Wildman–Crippen MR) is 91.7 cm³/mol. The molecule has 3 rings (SSSR count). The molecule has 1 aromatic carbocycles. The van der Waals surface area contributed by atoms with Gasteiger partial charge in [-0.2, -0.15) is 0 Å². The monoisotopic (exact) mass is 330 g/mol. The molecule has 0 bridgehead atoms. The van der Waals surface area contributed by atoms with Gasteiger partial charge in [-0.05, 0) is 25.5 Å². The Kier molecular flexibility index (Phi) is 4.71. The molecule has 7 heteroatoms. The van der Waals surface area contributed by atoms with Gasteiger partial charge in [-0.15, -0.1) is 0 Å². The first-order valence-corrected chi connectivity index (χ1v) is 8.13. The standard InChI is InChI=1S/C17H22N4O3/c1-3-13-11-24-9-8-20(13)17(23)19-14-6-4-5-7-15(14)21-12(2)10-18-16(21)22/h4-7,10,13H,3,8-9,11H2,1-2H3,(H,18,22)(H,19,23)/t13-/m0/s1. The largest absolute Gasteiger partial charge is 0.377 e. The number of amides is 2.